The van der Waals surface area contributed by atoms with Crippen LogP contribution in [0.4, 0.5) is 5.69 Å². The first-order chi connectivity index (χ1) is 24.8. The molecule has 11 heteroatoms. The number of rotatable bonds is 13. The molecule has 0 aromatic heterocycles. The average Bonchev–Trinajstić information content (AvgIpc) is 3.75. The summed E-state index contributed by atoms with van der Waals surface area (Å²) < 4.78 is 6.10. The zero-order chi connectivity index (χ0) is 37.5. The summed E-state index contributed by atoms with van der Waals surface area (Å²) in [5.74, 6) is 1.43. The molecule has 9 atom stereocenters. The van der Waals surface area contributed by atoms with Gasteiger partial charge >= 0.3 is 0 Å². The van der Waals surface area contributed by atoms with E-state index in [1.54, 1.807) is 19.1 Å². The number of fused-ring (bicyclic) bond motifs is 2. The van der Waals surface area contributed by atoms with E-state index in [2.05, 4.69) is 49.3 Å². The Morgan fingerprint density at radius 1 is 1.19 bits per heavy atom. The number of carbonyl (C=O) groups excluding carboxylic acids is 2. The highest BCUT2D eigenvalue weighted by atomic mass is 16.7. The smallest absolute Gasteiger partial charge is 0.251 e. The fourth-order valence-electron chi connectivity index (χ4n) is 9.89. The number of nitrogens with zero attached hydrogens (tertiary/aromatic N) is 3. The van der Waals surface area contributed by atoms with E-state index in [4.69, 9.17) is 15.3 Å². The van der Waals surface area contributed by atoms with Crippen molar-refractivity contribution in [3.05, 3.63) is 47.5 Å². The molecule has 0 unspecified atom stereocenters. The van der Waals surface area contributed by atoms with Gasteiger partial charge in [0.2, 0.25) is 5.91 Å². The summed E-state index contributed by atoms with van der Waals surface area (Å²) in [6.07, 6.45) is 3.10. The first-order valence-electron chi connectivity index (χ1n) is 19.4. The fourth-order valence-corrected chi connectivity index (χ4v) is 9.89. The summed E-state index contributed by atoms with van der Waals surface area (Å²) in [5, 5.41) is 19.3. The minimum atomic E-state index is -0.810. The Hall–Kier alpha value is -3.22. The molecule has 2 bridgehead atoms. The predicted molar refractivity (Wildman–Crippen MR) is 205 cm³/mol. The lowest BCUT2D eigenvalue weighted by atomic mass is 9.45. The molecule has 5 N–H and O–H groups in total. The highest BCUT2D eigenvalue weighted by molar-refractivity contribution is 5.97. The number of methoxy groups -OCH3 is 1. The van der Waals surface area contributed by atoms with Crippen molar-refractivity contribution in [1.82, 2.24) is 20.6 Å². The number of amides is 2. The van der Waals surface area contributed by atoms with Gasteiger partial charge in [-0.05, 0) is 92.6 Å². The molecule has 11 nitrogen and oxygen atoms in total. The van der Waals surface area contributed by atoms with Crippen LogP contribution in [-0.2, 0) is 16.2 Å². The van der Waals surface area contributed by atoms with Crippen molar-refractivity contribution in [2.75, 3.05) is 52.3 Å². The zero-order valence-electron chi connectivity index (χ0n) is 32.5. The average molecular weight is 719 g/mol. The number of ether oxygens (including phenoxy) is 1. The van der Waals surface area contributed by atoms with Crippen molar-refractivity contribution in [3.8, 4) is 16.9 Å². The van der Waals surface area contributed by atoms with Crippen LogP contribution >= 0.6 is 0 Å². The summed E-state index contributed by atoms with van der Waals surface area (Å²) in [7, 11) is 5.57. The van der Waals surface area contributed by atoms with Crippen molar-refractivity contribution in [2.45, 2.75) is 97.2 Å². The molecule has 2 aromatic carbocycles. The molecule has 3 aliphatic carbocycles. The molecule has 2 amide bonds. The van der Waals surface area contributed by atoms with Crippen molar-refractivity contribution in [1.29, 1.82) is 0 Å². The lowest BCUT2D eigenvalue weighted by Crippen LogP contribution is -2.62. The fraction of sp³-hybridized carbons (Fsp3) is 0.659. The SMILES string of the molecule is CCN1CCC[C@@H]1CNC(=O)c1cc(-c2cccc(CN3O[C@@H](CN)[C@@H]([C@H](C)O)[C@H]3C(=O)N[C@H]3C[C@@H]4C[C@H]([C@@H]3C)C4(C)C)c2OC)cc(N(C)C)c1. The number of aliphatic hydroxyl groups excluding tert-OH is 1. The second-order valence-corrected chi connectivity index (χ2v) is 16.6. The van der Waals surface area contributed by atoms with Crippen LogP contribution < -0.4 is 26.0 Å². The number of nitrogens with one attached hydrogen (secondary N) is 2. The van der Waals surface area contributed by atoms with Gasteiger partial charge in [0.1, 0.15) is 11.8 Å². The van der Waals surface area contributed by atoms with Crippen LogP contribution in [0.1, 0.15) is 76.2 Å². The Balaban J connectivity index is 1.27. The Labute approximate surface area is 310 Å². The van der Waals surface area contributed by atoms with E-state index in [0.717, 1.165) is 54.7 Å². The number of hydrogen-bond acceptors (Lipinski definition) is 9. The van der Waals surface area contributed by atoms with E-state index < -0.39 is 24.2 Å². The Morgan fingerprint density at radius 2 is 1.96 bits per heavy atom. The van der Waals surface area contributed by atoms with Gasteiger partial charge in [-0.25, -0.2) is 0 Å². The summed E-state index contributed by atoms with van der Waals surface area (Å²) >= 11 is 0. The summed E-state index contributed by atoms with van der Waals surface area (Å²) in [6, 6.07) is 11.5. The molecule has 2 saturated heterocycles. The van der Waals surface area contributed by atoms with Gasteiger partial charge in [0, 0.05) is 67.6 Å². The predicted octanol–water partition coefficient (Wildman–Crippen LogP) is 4.27. The molecular weight excluding hydrogens is 656 g/mol. The minimum absolute atomic E-state index is 0.0784. The Morgan fingerprint density at radius 3 is 2.60 bits per heavy atom. The number of para-hydroxylation sites is 1. The number of aliphatic hydroxyl groups is 1. The molecule has 2 aliphatic heterocycles. The van der Waals surface area contributed by atoms with Crippen LogP contribution in [0.2, 0.25) is 0 Å². The van der Waals surface area contributed by atoms with E-state index in [1.165, 1.54) is 6.42 Å². The Bertz CT molecular complexity index is 1600. The molecule has 2 aromatic rings. The number of likely N-dealkylation sites (tertiary alicyclic amines) is 1. The van der Waals surface area contributed by atoms with E-state index in [-0.39, 0.29) is 30.9 Å². The maximum atomic E-state index is 14.3. The topological polar surface area (TPSA) is 133 Å². The van der Waals surface area contributed by atoms with Crippen LogP contribution in [0, 0.1) is 29.1 Å². The maximum absolute atomic E-state index is 14.3. The van der Waals surface area contributed by atoms with Gasteiger partial charge in [0.05, 0.1) is 25.9 Å². The van der Waals surface area contributed by atoms with Crippen LogP contribution in [0.5, 0.6) is 5.75 Å². The molecule has 5 fully saturated rings. The van der Waals surface area contributed by atoms with Gasteiger partial charge in [0.15, 0.2) is 0 Å². The summed E-state index contributed by atoms with van der Waals surface area (Å²) in [4.78, 5) is 38.7. The number of hydrogen-bond donors (Lipinski definition) is 4. The second-order valence-electron chi connectivity index (χ2n) is 16.6. The highest BCUT2D eigenvalue weighted by Gasteiger charge is 2.57. The van der Waals surface area contributed by atoms with Gasteiger partial charge in [0.25, 0.3) is 5.91 Å². The van der Waals surface area contributed by atoms with E-state index in [9.17, 15) is 14.7 Å². The lowest BCUT2D eigenvalue weighted by molar-refractivity contribution is -0.175. The van der Waals surface area contributed by atoms with Crippen LogP contribution in [0.3, 0.4) is 0 Å². The van der Waals surface area contributed by atoms with E-state index in [0.29, 0.717) is 47.1 Å². The van der Waals surface area contributed by atoms with Crippen molar-refractivity contribution < 1.29 is 24.3 Å². The number of anilines is 1. The van der Waals surface area contributed by atoms with E-state index in [1.807, 2.05) is 49.3 Å². The first kappa shape index (κ1) is 38.5. The molecule has 3 saturated carbocycles. The molecule has 286 valence electrons. The number of benzene rings is 2. The second kappa shape index (κ2) is 15.6. The number of carbonyl (C=O) groups is 2. The van der Waals surface area contributed by atoms with Crippen molar-refractivity contribution >= 4 is 17.5 Å². The number of likely N-dealkylation sites (N-methyl/N-ethyl adjacent to an activating group) is 1. The summed E-state index contributed by atoms with van der Waals surface area (Å²) in [5.41, 5.74) is 10.5. The molecule has 2 heterocycles. The quantitative estimate of drug-likeness (QED) is 0.240. The van der Waals surface area contributed by atoms with Crippen molar-refractivity contribution in [2.24, 2.45) is 34.8 Å². The maximum Gasteiger partial charge on any atom is 0.251 e. The molecule has 7 rings (SSSR count). The summed E-state index contributed by atoms with van der Waals surface area (Å²) in [6.45, 7) is 13.9. The Kier molecular flexibility index (Phi) is 11.6. The van der Waals surface area contributed by atoms with Crippen LogP contribution in [0.15, 0.2) is 36.4 Å². The van der Waals surface area contributed by atoms with Crippen molar-refractivity contribution in [3.63, 3.8) is 0 Å². The highest BCUT2D eigenvalue weighted by Crippen LogP contribution is 2.61. The van der Waals surface area contributed by atoms with Gasteiger partial charge in [-0.3, -0.25) is 19.3 Å². The van der Waals surface area contributed by atoms with Gasteiger partial charge in [-0.15, -0.1) is 0 Å². The van der Waals surface area contributed by atoms with E-state index >= 15 is 0 Å². The largest absolute Gasteiger partial charge is 0.496 e. The third-order valence-corrected chi connectivity index (χ3v) is 13.2. The molecule has 5 aliphatic rings. The normalized spacial score (nSPS) is 30.4. The van der Waals surface area contributed by atoms with Crippen LogP contribution in [0.25, 0.3) is 11.1 Å². The third-order valence-electron chi connectivity index (χ3n) is 13.2. The monoisotopic (exact) mass is 718 g/mol. The first-order valence-corrected chi connectivity index (χ1v) is 19.4. The molecule has 0 radical (unpaired) electrons. The van der Waals surface area contributed by atoms with Gasteiger partial charge in [-0.1, -0.05) is 45.9 Å². The standard InChI is InChI=1S/C41H62N6O5/c1-9-46-15-11-13-30(46)22-43-39(49)28-16-27(17-31(18-28)45(6)7)32-14-10-12-26(38(32)51-8)23-47-37(36(25(3)48)35(21-42)52-47)40(50)44-34-20-29-19-33(24(34)2)41(29,4)5/h10,12,14,16-18,24-25,29-30,33-37,48H,9,11,13,15,19-23,42H2,1-8H3,(H,43,49)(H,44,50)/t24-,25-,29-,30+,33+,34-,35-,36+,37-/m0/s1. The van der Waals surface area contributed by atoms with Gasteiger partial charge in [-0.2, -0.15) is 5.06 Å². The van der Waals surface area contributed by atoms with Gasteiger partial charge < -0.3 is 31.1 Å². The molecule has 0 spiro atoms. The molecular formula is C41H62N6O5. The third kappa shape index (κ3) is 7.31. The number of hydroxylamine groups is 2. The van der Waals surface area contributed by atoms with Crippen LogP contribution in [-0.4, -0.2) is 105 Å². The zero-order valence-corrected chi connectivity index (χ0v) is 32.5. The lowest BCUT2D eigenvalue weighted by Gasteiger charge is -2.62. The minimum Gasteiger partial charge on any atom is -0.496 e. The number of nitrogens with two attached hydrogens (primary N) is 1. The molecule has 52 heavy (non-hydrogen) atoms.